The van der Waals surface area contributed by atoms with Crippen molar-refractivity contribution >= 4 is 17.5 Å². The molecule has 0 bridgehead atoms. The highest BCUT2D eigenvalue weighted by Gasteiger charge is 2.18. The van der Waals surface area contributed by atoms with E-state index in [9.17, 15) is 4.79 Å². The van der Waals surface area contributed by atoms with Gasteiger partial charge in [-0.25, -0.2) is 0 Å². The molecule has 1 N–H and O–H groups in total. The molecule has 0 aliphatic rings. The fourth-order valence-corrected chi connectivity index (χ4v) is 1.61. The highest BCUT2D eigenvalue weighted by Crippen LogP contribution is 2.21. The SMILES string of the molecule is CC(C)(CCCCl)CNC(=O)c1ccnnc1. The predicted octanol–water partition coefficient (Wildman–Crippen LogP) is 2.25. The van der Waals surface area contributed by atoms with Gasteiger partial charge in [-0.1, -0.05) is 13.8 Å². The zero-order valence-electron chi connectivity index (χ0n) is 10.2. The zero-order valence-corrected chi connectivity index (χ0v) is 11.0. The van der Waals surface area contributed by atoms with E-state index in [1.165, 1.54) is 12.4 Å². The number of hydrogen-bond acceptors (Lipinski definition) is 3. The lowest BCUT2D eigenvalue weighted by atomic mass is 9.88. The molecule has 1 rings (SSSR count). The van der Waals surface area contributed by atoms with Crippen molar-refractivity contribution in [3.8, 4) is 0 Å². The number of amides is 1. The number of rotatable bonds is 6. The summed E-state index contributed by atoms with van der Waals surface area (Å²) >= 11 is 5.66. The molecule has 0 saturated carbocycles. The van der Waals surface area contributed by atoms with Gasteiger partial charge in [-0.15, -0.1) is 11.6 Å². The van der Waals surface area contributed by atoms with E-state index in [-0.39, 0.29) is 11.3 Å². The Morgan fingerprint density at radius 1 is 1.47 bits per heavy atom. The average Bonchev–Trinajstić information content (AvgIpc) is 2.35. The van der Waals surface area contributed by atoms with E-state index in [1.54, 1.807) is 6.07 Å². The Morgan fingerprint density at radius 2 is 2.24 bits per heavy atom. The maximum absolute atomic E-state index is 11.8. The number of carbonyl (C=O) groups excluding carboxylic acids is 1. The minimum Gasteiger partial charge on any atom is -0.351 e. The fourth-order valence-electron chi connectivity index (χ4n) is 1.48. The molecule has 5 heteroatoms. The fraction of sp³-hybridized carbons (Fsp3) is 0.583. The van der Waals surface area contributed by atoms with Gasteiger partial charge in [0.15, 0.2) is 0 Å². The number of alkyl halides is 1. The van der Waals surface area contributed by atoms with Crippen LogP contribution in [0.5, 0.6) is 0 Å². The van der Waals surface area contributed by atoms with Gasteiger partial charge < -0.3 is 5.32 Å². The van der Waals surface area contributed by atoms with Crippen LogP contribution in [0.1, 0.15) is 37.0 Å². The Bertz CT molecular complexity index is 354. The molecule has 0 unspecified atom stereocenters. The largest absolute Gasteiger partial charge is 0.351 e. The van der Waals surface area contributed by atoms with E-state index >= 15 is 0 Å². The molecular formula is C12H18ClN3O. The van der Waals surface area contributed by atoms with Gasteiger partial charge in [0.05, 0.1) is 18.0 Å². The molecule has 0 fully saturated rings. The third-order valence-electron chi connectivity index (χ3n) is 2.56. The van der Waals surface area contributed by atoms with Crippen LogP contribution in [0.4, 0.5) is 0 Å². The number of aromatic nitrogens is 2. The number of nitrogens with zero attached hydrogens (tertiary/aromatic N) is 2. The highest BCUT2D eigenvalue weighted by atomic mass is 35.5. The lowest BCUT2D eigenvalue weighted by Crippen LogP contribution is -2.34. The Kier molecular flexibility index (Phi) is 5.35. The summed E-state index contributed by atoms with van der Waals surface area (Å²) in [5, 5.41) is 10.2. The van der Waals surface area contributed by atoms with Crippen LogP contribution in [0.2, 0.25) is 0 Å². The standard InChI is InChI=1S/C12H18ClN3O/c1-12(2,5-3-6-13)9-14-11(17)10-4-7-15-16-8-10/h4,7-8H,3,5-6,9H2,1-2H3,(H,14,17). The molecule has 1 heterocycles. The molecule has 0 spiro atoms. The van der Waals surface area contributed by atoms with Crippen LogP contribution in [-0.2, 0) is 0 Å². The van der Waals surface area contributed by atoms with Crippen molar-refractivity contribution < 1.29 is 4.79 Å². The Labute approximate surface area is 107 Å². The van der Waals surface area contributed by atoms with Gasteiger partial charge in [0.2, 0.25) is 0 Å². The molecule has 17 heavy (non-hydrogen) atoms. The number of halogens is 1. The number of carbonyl (C=O) groups is 1. The van der Waals surface area contributed by atoms with E-state index in [0.29, 0.717) is 18.0 Å². The van der Waals surface area contributed by atoms with E-state index < -0.39 is 0 Å². The van der Waals surface area contributed by atoms with Crippen molar-refractivity contribution in [2.24, 2.45) is 5.41 Å². The topological polar surface area (TPSA) is 54.9 Å². The highest BCUT2D eigenvalue weighted by molar-refractivity contribution is 6.17. The molecule has 1 aromatic heterocycles. The maximum Gasteiger partial charge on any atom is 0.252 e. The van der Waals surface area contributed by atoms with Crippen molar-refractivity contribution in [1.29, 1.82) is 0 Å². The summed E-state index contributed by atoms with van der Waals surface area (Å²) in [6.45, 7) is 4.86. The van der Waals surface area contributed by atoms with Gasteiger partial charge in [-0.2, -0.15) is 10.2 Å². The number of hydrogen-bond donors (Lipinski definition) is 1. The summed E-state index contributed by atoms with van der Waals surface area (Å²) < 4.78 is 0. The van der Waals surface area contributed by atoms with Gasteiger partial charge in [0.1, 0.15) is 0 Å². The van der Waals surface area contributed by atoms with Crippen LogP contribution in [0, 0.1) is 5.41 Å². The minimum absolute atomic E-state index is 0.0605. The molecule has 0 aliphatic heterocycles. The van der Waals surface area contributed by atoms with Gasteiger partial charge in [0, 0.05) is 12.4 Å². The smallest absolute Gasteiger partial charge is 0.252 e. The van der Waals surface area contributed by atoms with E-state index in [4.69, 9.17) is 11.6 Å². The molecule has 0 aromatic carbocycles. The predicted molar refractivity (Wildman–Crippen MR) is 68.1 cm³/mol. The summed E-state index contributed by atoms with van der Waals surface area (Å²) in [6.07, 6.45) is 4.92. The van der Waals surface area contributed by atoms with Crippen LogP contribution in [0.25, 0.3) is 0 Å². The van der Waals surface area contributed by atoms with E-state index in [1.807, 2.05) is 0 Å². The molecule has 0 radical (unpaired) electrons. The van der Waals surface area contributed by atoms with Gasteiger partial charge in [-0.3, -0.25) is 4.79 Å². The first-order valence-corrected chi connectivity index (χ1v) is 6.19. The monoisotopic (exact) mass is 255 g/mol. The lowest BCUT2D eigenvalue weighted by molar-refractivity contribution is 0.0934. The van der Waals surface area contributed by atoms with Crippen LogP contribution in [0.15, 0.2) is 18.5 Å². The van der Waals surface area contributed by atoms with Crippen molar-refractivity contribution in [2.75, 3.05) is 12.4 Å². The van der Waals surface area contributed by atoms with Crippen LogP contribution < -0.4 is 5.32 Å². The molecule has 1 amide bonds. The normalized spacial score (nSPS) is 11.2. The van der Waals surface area contributed by atoms with Crippen molar-refractivity contribution in [3.63, 3.8) is 0 Å². The second kappa shape index (κ2) is 6.55. The Hall–Kier alpha value is -1.16. The summed E-state index contributed by atoms with van der Waals surface area (Å²) in [7, 11) is 0. The summed E-state index contributed by atoms with van der Waals surface area (Å²) in [4.78, 5) is 11.8. The van der Waals surface area contributed by atoms with Gasteiger partial charge >= 0.3 is 0 Å². The van der Waals surface area contributed by atoms with Crippen LogP contribution in [0.3, 0.4) is 0 Å². The molecule has 0 atom stereocenters. The summed E-state index contributed by atoms with van der Waals surface area (Å²) in [5.41, 5.74) is 0.596. The summed E-state index contributed by atoms with van der Waals surface area (Å²) in [5.74, 6) is 0.546. The second-order valence-electron chi connectivity index (χ2n) is 4.77. The zero-order chi connectivity index (χ0) is 12.7. The first kappa shape index (κ1) is 13.9. The molecule has 4 nitrogen and oxygen atoms in total. The molecule has 0 aliphatic carbocycles. The molecule has 94 valence electrons. The van der Waals surface area contributed by atoms with Crippen LogP contribution in [-0.4, -0.2) is 28.5 Å². The van der Waals surface area contributed by atoms with Crippen molar-refractivity contribution in [1.82, 2.24) is 15.5 Å². The van der Waals surface area contributed by atoms with Crippen molar-refractivity contribution in [2.45, 2.75) is 26.7 Å². The third-order valence-corrected chi connectivity index (χ3v) is 2.83. The van der Waals surface area contributed by atoms with Gasteiger partial charge in [-0.05, 0) is 24.3 Å². The third kappa shape index (κ3) is 5.13. The molecule has 0 saturated heterocycles. The van der Waals surface area contributed by atoms with Gasteiger partial charge in [0.25, 0.3) is 5.91 Å². The molecular weight excluding hydrogens is 238 g/mol. The van der Waals surface area contributed by atoms with E-state index in [0.717, 1.165) is 12.8 Å². The lowest BCUT2D eigenvalue weighted by Gasteiger charge is -2.24. The maximum atomic E-state index is 11.8. The average molecular weight is 256 g/mol. The Balaban J connectivity index is 2.43. The van der Waals surface area contributed by atoms with E-state index in [2.05, 4.69) is 29.4 Å². The Morgan fingerprint density at radius 3 is 2.82 bits per heavy atom. The first-order valence-electron chi connectivity index (χ1n) is 5.66. The quantitative estimate of drug-likeness (QED) is 0.794. The second-order valence-corrected chi connectivity index (χ2v) is 5.15. The first-order chi connectivity index (χ1) is 8.05. The minimum atomic E-state index is -0.112. The van der Waals surface area contributed by atoms with Crippen LogP contribution >= 0.6 is 11.6 Å². The summed E-state index contributed by atoms with van der Waals surface area (Å²) in [6, 6.07) is 1.65. The molecule has 1 aromatic rings. The number of nitrogens with one attached hydrogen (secondary N) is 1. The van der Waals surface area contributed by atoms with Crippen molar-refractivity contribution in [3.05, 3.63) is 24.0 Å².